The van der Waals surface area contributed by atoms with Gasteiger partial charge in [-0.3, -0.25) is 9.78 Å². The molecular weight excluding hydrogens is 567 g/mol. The highest BCUT2D eigenvalue weighted by atomic mass is 32.1. The second-order valence-electron chi connectivity index (χ2n) is 10.2. The van der Waals surface area contributed by atoms with Crippen molar-refractivity contribution in [1.29, 1.82) is 0 Å². The van der Waals surface area contributed by atoms with Crippen LogP contribution in [0.1, 0.15) is 57.9 Å². The topological polar surface area (TPSA) is 105 Å². The van der Waals surface area contributed by atoms with Gasteiger partial charge in [0.25, 0.3) is 0 Å². The van der Waals surface area contributed by atoms with Gasteiger partial charge in [0.05, 0.1) is 25.0 Å². The first-order valence-corrected chi connectivity index (χ1v) is 14.4. The highest BCUT2D eigenvalue weighted by Crippen LogP contribution is 2.34. The lowest BCUT2D eigenvalue weighted by Gasteiger charge is -2.39. The molecule has 1 aliphatic heterocycles. The number of halogens is 3. The third-order valence-corrected chi connectivity index (χ3v) is 8.20. The lowest BCUT2D eigenvalue weighted by atomic mass is 9.91. The van der Waals surface area contributed by atoms with Crippen LogP contribution in [-0.2, 0) is 17.3 Å². The summed E-state index contributed by atoms with van der Waals surface area (Å²) >= 11 is 1.64. The van der Waals surface area contributed by atoms with Crippen molar-refractivity contribution in [2.75, 3.05) is 11.9 Å². The number of benzene rings is 2. The molecule has 5 rings (SSSR count). The summed E-state index contributed by atoms with van der Waals surface area (Å²) in [5, 5.41) is 23.8. The van der Waals surface area contributed by atoms with Crippen LogP contribution in [0, 0.1) is 0 Å². The Morgan fingerprint density at radius 3 is 2.62 bits per heavy atom. The predicted molar refractivity (Wildman–Crippen MR) is 153 cm³/mol. The summed E-state index contributed by atoms with van der Waals surface area (Å²) in [5.74, 6) is -0.0541. The quantitative estimate of drug-likeness (QED) is 0.201. The van der Waals surface area contributed by atoms with E-state index in [1.165, 1.54) is 0 Å². The minimum absolute atomic E-state index is 0.139. The van der Waals surface area contributed by atoms with Crippen LogP contribution >= 0.6 is 11.3 Å². The molecule has 2 aromatic carbocycles. The highest BCUT2D eigenvalue weighted by Gasteiger charge is 2.40. The number of rotatable bonds is 9. The van der Waals surface area contributed by atoms with Crippen LogP contribution in [0.2, 0.25) is 0 Å². The van der Waals surface area contributed by atoms with Gasteiger partial charge in [0, 0.05) is 28.2 Å². The average molecular weight is 598 g/mol. The van der Waals surface area contributed by atoms with Crippen LogP contribution < -0.4 is 5.32 Å². The number of carbonyl (C=O) groups is 1. The molecule has 3 N–H and O–H groups in total. The third-order valence-electron chi connectivity index (χ3n) is 7.06. The standard InChI is InChI=1S/C31H30F3N3O4S/c1-2-4-23(38)19-7-9-20(10-8-19)25-12-11-22(42-25)14-18-5-3-6-21(13-18)30-28(29(40)24(39)17-41-30)37-27-16-35-15-26(36-27)31(32,33)34/h3,5-13,15-16,24,28-30,39-40H,2,4,14,17H2,1H3,(H,36,37)/t24-,28+,29-,30+/m0/s1. The van der Waals surface area contributed by atoms with Gasteiger partial charge in [0.15, 0.2) is 11.5 Å². The number of aliphatic hydroxyl groups is 2. The molecule has 0 spiro atoms. The summed E-state index contributed by atoms with van der Waals surface area (Å²) in [4.78, 5) is 21.5. The monoisotopic (exact) mass is 597 g/mol. The number of ketones is 1. The van der Waals surface area contributed by atoms with Gasteiger partial charge in [-0.25, -0.2) is 4.98 Å². The number of hydrogen-bond acceptors (Lipinski definition) is 8. The first-order chi connectivity index (χ1) is 20.1. The van der Waals surface area contributed by atoms with Gasteiger partial charge in [-0.05, 0) is 35.2 Å². The van der Waals surface area contributed by atoms with E-state index in [-0.39, 0.29) is 18.2 Å². The van der Waals surface area contributed by atoms with Gasteiger partial charge >= 0.3 is 6.18 Å². The van der Waals surface area contributed by atoms with Crippen LogP contribution in [0.25, 0.3) is 10.4 Å². The zero-order chi connectivity index (χ0) is 29.9. The van der Waals surface area contributed by atoms with Crippen molar-refractivity contribution in [3.05, 3.63) is 100 Å². The smallest absolute Gasteiger partial charge is 0.388 e. The van der Waals surface area contributed by atoms with Crippen LogP contribution in [0.15, 0.2) is 73.1 Å². The normalized spacial score (nSPS) is 20.8. The Labute approximate surface area is 245 Å². The number of ether oxygens (including phenoxy) is 1. The van der Waals surface area contributed by atoms with E-state index in [4.69, 9.17) is 4.74 Å². The highest BCUT2D eigenvalue weighted by molar-refractivity contribution is 7.15. The summed E-state index contributed by atoms with van der Waals surface area (Å²) < 4.78 is 45.4. The third kappa shape index (κ3) is 6.87. The zero-order valence-electron chi connectivity index (χ0n) is 22.7. The molecule has 7 nitrogen and oxygen atoms in total. The lowest BCUT2D eigenvalue weighted by molar-refractivity contribution is -0.141. The maximum atomic E-state index is 13.2. The van der Waals surface area contributed by atoms with Gasteiger partial charge in [-0.1, -0.05) is 55.5 Å². The van der Waals surface area contributed by atoms with Gasteiger partial charge in [0.2, 0.25) is 0 Å². The summed E-state index contributed by atoms with van der Waals surface area (Å²) in [7, 11) is 0. The molecule has 11 heteroatoms. The van der Waals surface area contributed by atoms with Crippen molar-refractivity contribution in [3.8, 4) is 10.4 Å². The number of Topliss-reactive ketones (excluding diaryl/α,β-unsaturated/α-hetero) is 1. The molecule has 0 radical (unpaired) electrons. The largest absolute Gasteiger partial charge is 0.434 e. The van der Waals surface area contributed by atoms with Crippen molar-refractivity contribution in [3.63, 3.8) is 0 Å². The Morgan fingerprint density at radius 2 is 1.88 bits per heavy atom. The van der Waals surface area contributed by atoms with Crippen LogP contribution in [0.3, 0.4) is 0 Å². The first-order valence-electron chi connectivity index (χ1n) is 13.6. The van der Waals surface area contributed by atoms with E-state index in [1.807, 2.05) is 61.5 Å². The fraction of sp³-hybridized carbons (Fsp3) is 0.323. The molecule has 1 saturated heterocycles. The molecule has 0 bridgehead atoms. The number of thiophene rings is 1. The number of anilines is 1. The molecular formula is C31H30F3N3O4S. The molecule has 42 heavy (non-hydrogen) atoms. The second kappa shape index (κ2) is 12.7. The number of nitrogens with zero attached hydrogens (tertiary/aromatic N) is 2. The number of nitrogens with one attached hydrogen (secondary N) is 1. The van der Waals surface area contributed by atoms with Crippen LogP contribution in [0.4, 0.5) is 19.0 Å². The average Bonchev–Trinajstić information content (AvgIpc) is 3.44. The minimum Gasteiger partial charge on any atom is -0.388 e. The van der Waals surface area contributed by atoms with Gasteiger partial charge < -0.3 is 20.3 Å². The van der Waals surface area contributed by atoms with E-state index in [1.54, 1.807) is 11.3 Å². The van der Waals surface area contributed by atoms with E-state index in [0.717, 1.165) is 33.5 Å². The summed E-state index contributed by atoms with van der Waals surface area (Å²) in [5.41, 5.74) is 2.24. The van der Waals surface area contributed by atoms with Crippen LogP contribution in [0.5, 0.6) is 0 Å². The van der Waals surface area contributed by atoms with Gasteiger partial charge in [0.1, 0.15) is 24.1 Å². The van der Waals surface area contributed by atoms with E-state index in [9.17, 15) is 28.2 Å². The molecule has 2 aromatic heterocycles. The molecule has 0 saturated carbocycles. The fourth-order valence-corrected chi connectivity index (χ4v) is 5.98. The molecule has 0 aliphatic carbocycles. The molecule has 3 heterocycles. The van der Waals surface area contributed by atoms with E-state index >= 15 is 0 Å². The lowest BCUT2D eigenvalue weighted by Crippen LogP contribution is -2.52. The maximum Gasteiger partial charge on any atom is 0.434 e. The van der Waals surface area contributed by atoms with E-state index in [0.29, 0.717) is 30.2 Å². The molecule has 220 valence electrons. The Kier molecular flexibility index (Phi) is 9.02. The molecule has 4 aromatic rings. The fourth-order valence-electron chi connectivity index (χ4n) is 4.93. The molecule has 0 amide bonds. The molecule has 4 atom stereocenters. The summed E-state index contributed by atoms with van der Waals surface area (Å²) in [6.45, 7) is 1.84. The van der Waals surface area contributed by atoms with Crippen molar-refractivity contribution in [1.82, 2.24) is 9.97 Å². The van der Waals surface area contributed by atoms with E-state index in [2.05, 4.69) is 21.4 Å². The number of aromatic nitrogens is 2. The number of carbonyl (C=O) groups excluding carboxylic acids is 1. The maximum absolute atomic E-state index is 13.2. The molecule has 0 unspecified atom stereocenters. The Morgan fingerprint density at radius 1 is 1.10 bits per heavy atom. The van der Waals surface area contributed by atoms with Crippen molar-refractivity contribution in [2.45, 2.75) is 56.7 Å². The van der Waals surface area contributed by atoms with Gasteiger partial charge in [-0.2, -0.15) is 13.2 Å². The van der Waals surface area contributed by atoms with E-state index < -0.39 is 36.2 Å². The summed E-state index contributed by atoms with van der Waals surface area (Å²) in [6, 6.07) is 18.3. The predicted octanol–water partition coefficient (Wildman–Crippen LogP) is 6.07. The Balaban J connectivity index is 1.33. The Hall–Kier alpha value is -3.64. The van der Waals surface area contributed by atoms with Crippen molar-refractivity contribution in [2.24, 2.45) is 0 Å². The Bertz CT molecular complexity index is 1530. The van der Waals surface area contributed by atoms with Crippen LogP contribution in [-0.4, -0.2) is 50.8 Å². The van der Waals surface area contributed by atoms with Crippen molar-refractivity contribution >= 4 is 22.9 Å². The first kappa shape index (κ1) is 29.8. The molecule has 1 fully saturated rings. The SMILES string of the molecule is CCCC(=O)c1ccc(-c2ccc(Cc3cccc([C@H]4OC[C@H](O)[C@H](O)[C@H]4Nc4cncc(C(F)(F)F)n4)c3)s2)cc1. The zero-order valence-corrected chi connectivity index (χ0v) is 23.5. The summed E-state index contributed by atoms with van der Waals surface area (Å²) in [6.07, 6.45) is -4.30. The number of alkyl halides is 3. The molecule has 1 aliphatic rings. The second-order valence-corrected chi connectivity index (χ2v) is 11.4. The van der Waals surface area contributed by atoms with Crippen molar-refractivity contribution < 1.29 is 32.9 Å². The van der Waals surface area contributed by atoms with Gasteiger partial charge in [-0.15, -0.1) is 11.3 Å². The number of aliphatic hydroxyl groups excluding tert-OH is 2. The minimum atomic E-state index is -4.68. The number of hydrogen-bond donors (Lipinski definition) is 3.